The highest BCUT2D eigenvalue weighted by Crippen LogP contribution is 2.22. The van der Waals surface area contributed by atoms with E-state index in [9.17, 15) is 4.79 Å². The Kier molecular flexibility index (Phi) is 4.01. The van der Waals surface area contributed by atoms with Crippen molar-refractivity contribution in [3.63, 3.8) is 0 Å². The van der Waals surface area contributed by atoms with Gasteiger partial charge in [-0.3, -0.25) is 9.69 Å². The van der Waals surface area contributed by atoms with Crippen LogP contribution in [0.1, 0.15) is 25.6 Å². The van der Waals surface area contributed by atoms with Crippen LogP contribution < -0.4 is 0 Å². The van der Waals surface area contributed by atoms with E-state index in [1.165, 1.54) is 0 Å². The number of aromatic nitrogens is 2. The molecule has 0 bridgehead atoms. The molecule has 0 spiro atoms. The largest absolute Gasteiger partial charge is 0.481 e. The molecule has 0 saturated carbocycles. The third-order valence-electron chi connectivity index (χ3n) is 3.91. The second-order valence-electron chi connectivity index (χ2n) is 5.11. The van der Waals surface area contributed by atoms with Crippen LogP contribution in [0.3, 0.4) is 0 Å². The predicted molar refractivity (Wildman–Crippen MR) is 68.4 cm³/mol. The first-order valence-corrected chi connectivity index (χ1v) is 6.52. The molecule has 0 aliphatic carbocycles. The fourth-order valence-electron chi connectivity index (χ4n) is 2.65. The van der Waals surface area contributed by atoms with Crippen LogP contribution in [0, 0.1) is 12.8 Å². The molecule has 0 aromatic carbocycles. The zero-order chi connectivity index (χ0) is 13.1. The molecule has 1 aromatic rings. The van der Waals surface area contributed by atoms with Gasteiger partial charge in [0.1, 0.15) is 5.82 Å². The second kappa shape index (κ2) is 5.52. The van der Waals surface area contributed by atoms with Gasteiger partial charge in [0.25, 0.3) is 0 Å². The zero-order valence-electron chi connectivity index (χ0n) is 11.0. The number of rotatable bonds is 4. The molecule has 1 aliphatic rings. The van der Waals surface area contributed by atoms with Crippen LogP contribution in [0.15, 0.2) is 12.4 Å². The predicted octanol–water partition coefficient (Wildman–Crippen LogP) is 1.38. The molecule has 1 N–H and O–H groups in total. The van der Waals surface area contributed by atoms with Crippen LogP contribution >= 0.6 is 0 Å². The van der Waals surface area contributed by atoms with Crippen molar-refractivity contribution in [3.05, 3.63) is 18.2 Å². The molecule has 5 nitrogen and oxygen atoms in total. The van der Waals surface area contributed by atoms with E-state index >= 15 is 0 Å². The number of hydrogen-bond acceptors (Lipinski definition) is 3. The van der Waals surface area contributed by atoms with Gasteiger partial charge in [0.15, 0.2) is 0 Å². The molecule has 5 heteroatoms. The van der Waals surface area contributed by atoms with Gasteiger partial charge in [-0.15, -0.1) is 0 Å². The zero-order valence-corrected chi connectivity index (χ0v) is 11.0. The maximum Gasteiger partial charge on any atom is 0.306 e. The minimum Gasteiger partial charge on any atom is -0.481 e. The Bertz CT molecular complexity index is 416. The number of imidazole rings is 1. The van der Waals surface area contributed by atoms with Crippen molar-refractivity contribution in [3.8, 4) is 0 Å². The van der Waals surface area contributed by atoms with E-state index in [-0.39, 0.29) is 5.92 Å². The number of aryl methyl sites for hydroxylation is 1. The molecule has 1 saturated heterocycles. The van der Waals surface area contributed by atoms with E-state index in [4.69, 9.17) is 5.11 Å². The average molecular weight is 251 g/mol. The second-order valence-corrected chi connectivity index (χ2v) is 5.11. The summed E-state index contributed by atoms with van der Waals surface area (Å²) in [5.41, 5.74) is 0. The van der Waals surface area contributed by atoms with E-state index in [1.54, 1.807) is 0 Å². The van der Waals surface area contributed by atoms with Crippen LogP contribution in [0.4, 0.5) is 0 Å². The summed E-state index contributed by atoms with van der Waals surface area (Å²) in [6.07, 6.45) is 5.33. The minimum absolute atomic E-state index is 0.161. The Morgan fingerprint density at radius 3 is 2.89 bits per heavy atom. The summed E-state index contributed by atoms with van der Waals surface area (Å²) in [6.45, 7) is 6.89. The standard InChI is InChI=1S/C13H21N3O2/c1-10-9-12(13(17)18)3-5-15(10)7-8-16-6-4-14-11(16)2/h4,6,10,12H,3,5,7-9H2,1-2H3,(H,17,18). The molecular formula is C13H21N3O2. The third kappa shape index (κ3) is 2.90. The molecular weight excluding hydrogens is 230 g/mol. The Hall–Kier alpha value is -1.36. The van der Waals surface area contributed by atoms with Crippen molar-refractivity contribution in [2.45, 2.75) is 39.3 Å². The summed E-state index contributed by atoms with van der Waals surface area (Å²) < 4.78 is 2.13. The molecule has 1 aliphatic heterocycles. The number of aliphatic carboxylic acids is 1. The van der Waals surface area contributed by atoms with Gasteiger partial charge in [-0.05, 0) is 33.2 Å². The Labute approximate surface area is 107 Å². The van der Waals surface area contributed by atoms with Gasteiger partial charge in [0.05, 0.1) is 5.92 Å². The van der Waals surface area contributed by atoms with E-state index in [2.05, 4.69) is 21.4 Å². The summed E-state index contributed by atoms with van der Waals surface area (Å²) in [5.74, 6) is 0.223. The fourth-order valence-corrected chi connectivity index (χ4v) is 2.65. The number of likely N-dealkylation sites (tertiary alicyclic amines) is 1. The first-order valence-electron chi connectivity index (χ1n) is 6.52. The first kappa shape index (κ1) is 13.1. The topological polar surface area (TPSA) is 58.4 Å². The van der Waals surface area contributed by atoms with Crippen LogP contribution in [0.25, 0.3) is 0 Å². The van der Waals surface area contributed by atoms with Crippen molar-refractivity contribution < 1.29 is 9.90 Å². The van der Waals surface area contributed by atoms with Crippen molar-refractivity contribution in [1.82, 2.24) is 14.5 Å². The Balaban J connectivity index is 1.84. The number of carboxylic acid groups (broad SMARTS) is 1. The lowest BCUT2D eigenvalue weighted by molar-refractivity contribution is -0.144. The minimum atomic E-state index is -0.646. The maximum atomic E-state index is 11.0. The van der Waals surface area contributed by atoms with Crippen LogP contribution in [-0.2, 0) is 11.3 Å². The number of piperidine rings is 1. The number of carbonyl (C=O) groups is 1. The molecule has 100 valence electrons. The van der Waals surface area contributed by atoms with E-state index in [0.717, 1.165) is 38.3 Å². The van der Waals surface area contributed by atoms with Gasteiger partial charge >= 0.3 is 5.97 Å². The maximum absolute atomic E-state index is 11.0. The third-order valence-corrected chi connectivity index (χ3v) is 3.91. The quantitative estimate of drug-likeness (QED) is 0.878. The number of carboxylic acids is 1. The average Bonchev–Trinajstić information content (AvgIpc) is 2.73. The summed E-state index contributed by atoms with van der Waals surface area (Å²) in [4.78, 5) is 17.5. The lowest BCUT2D eigenvalue weighted by Gasteiger charge is -2.36. The Morgan fingerprint density at radius 1 is 1.56 bits per heavy atom. The lowest BCUT2D eigenvalue weighted by Crippen LogP contribution is -2.44. The molecule has 1 aromatic heterocycles. The summed E-state index contributed by atoms with van der Waals surface area (Å²) in [7, 11) is 0. The summed E-state index contributed by atoms with van der Waals surface area (Å²) in [6, 6.07) is 0.351. The van der Waals surface area contributed by atoms with E-state index in [0.29, 0.717) is 6.04 Å². The van der Waals surface area contributed by atoms with Crippen LogP contribution in [-0.4, -0.2) is 44.7 Å². The molecule has 2 unspecified atom stereocenters. The van der Waals surface area contributed by atoms with Gasteiger partial charge in [0, 0.05) is 31.5 Å². The lowest BCUT2D eigenvalue weighted by atomic mass is 9.92. The SMILES string of the molecule is Cc1nccn1CCN1CCC(C(=O)O)CC1C. The van der Waals surface area contributed by atoms with Gasteiger partial charge in [-0.1, -0.05) is 0 Å². The highest BCUT2D eigenvalue weighted by molar-refractivity contribution is 5.70. The molecule has 0 radical (unpaired) electrons. The van der Waals surface area contributed by atoms with Crippen LogP contribution in [0.2, 0.25) is 0 Å². The Morgan fingerprint density at radius 2 is 2.33 bits per heavy atom. The smallest absolute Gasteiger partial charge is 0.306 e. The highest BCUT2D eigenvalue weighted by atomic mass is 16.4. The summed E-state index contributed by atoms with van der Waals surface area (Å²) in [5, 5.41) is 9.03. The molecule has 2 atom stereocenters. The summed E-state index contributed by atoms with van der Waals surface area (Å²) >= 11 is 0. The molecule has 18 heavy (non-hydrogen) atoms. The van der Waals surface area contributed by atoms with Crippen molar-refractivity contribution in [2.75, 3.05) is 13.1 Å². The van der Waals surface area contributed by atoms with Gasteiger partial charge in [-0.25, -0.2) is 4.98 Å². The van der Waals surface area contributed by atoms with E-state index in [1.807, 2.05) is 19.3 Å². The molecule has 1 fully saturated rings. The first-order chi connectivity index (χ1) is 8.58. The van der Waals surface area contributed by atoms with Crippen molar-refractivity contribution in [1.29, 1.82) is 0 Å². The number of nitrogens with zero attached hydrogens (tertiary/aromatic N) is 3. The van der Waals surface area contributed by atoms with Crippen molar-refractivity contribution >= 4 is 5.97 Å². The number of hydrogen-bond donors (Lipinski definition) is 1. The van der Waals surface area contributed by atoms with Crippen LogP contribution in [0.5, 0.6) is 0 Å². The fraction of sp³-hybridized carbons (Fsp3) is 0.692. The normalized spacial score (nSPS) is 25.2. The molecule has 0 amide bonds. The molecule has 2 rings (SSSR count). The molecule has 2 heterocycles. The van der Waals surface area contributed by atoms with Gasteiger partial charge in [-0.2, -0.15) is 0 Å². The van der Waals surface area contributed by atoms with Gasteiger partial charge in [0.2, 0.25) is 0 Å². The monoisotopic (exact) mass is 251 g/mol. The van der Waals surface area contributed by atoms with E-state index < -0.39 is 5.97 Å². The van der Waals surface area contributed by atoms with Gasteiger partial charge < -0.3 is 9.67 Å². The highest BCUT2D eigenvalue weighted by Gasteiger charge is 2.29. The van der Waals surface area contributed by atoms with Crippen molar-refractivity contribution in [2.24, 2.45) is 5.92 Å².